The normalized spacial score (nSPS) is 17.2. The van der Waals surface area contributed by atoms with Crippen molar-refractivity contribution in [3.8, 4) is 0 Å². The monoisotopic (exact) mass is 240 g/mol. The minimum Gasteiger partial charge on any atom is -0.423 e. The molecule has 0 heterocycles. The molecule has 17 heavy (non-hydrogen) atoms. The van der Waals surface area contributed by atoms with Crippen molar-refractivity contribution in [3.63, 3.8) is 0 Å². The van der Waals surface area contributed by atoms with Crippen LogP contribution < -0.4 is 5.46 Å². The van der Waals surface area contributed by atoms with E-state index in [1.165, 1.54) is 18.6 Å². The molecule has 0 unspecified atom stereocenters. The average molecular weight is 240 g/mol. The largest absolute Gasteiger partial charge is 0.494 e. The van der Waals surface area contributed by atoms with Gasteiger partial charge < -0.3 is 10.0 Å². The van der Waals surface area contributed by atoms with Gasteiger partial charge in [0, 0.05) is 0 Å². The highest BCUT2D eigenvalue weighted by Crippen LogP contribution is 2.32. The van der Waals surface area contributed by atoms with E-state index in [0.717, 1.165) is 25.7 Å². The Morgan fingerprint density at radius 2 is 1.53 bits per heavy atom. The Kier molecular flexibility index (Phi) is 3.79. The zero-order valence-electron chi connectivity index (χ0n) is 9.50. The Bertz CT molecular complexity index is 380. The summed E-state index contributed by atoms with van der Waals surface area (Å²) in [5, 5.41) is 17.7. The Hall–Kier alpha value is -0.935. The van der Waals surface area contributed by atoms with Gasteiger partial charge in [-0.1, -0.05) is 19.3 Å². The molecule has 1 aromatic rings. The molecular formula is C12H15BF2O2. The van der Waals surface area contributed by atoms with E-state index in [4.69, 9.17) is 10.0 Å². The zero-order valence-corrected chi connectivity index (χ0v) is 9.50. The second kappa shape index (κ2) is 5.15. The summed E-state index contributed by atoms with van der Waals surface area (Å²) in [4.78, 5) is 0. The molecular weight excluding hydrogens is 225 g/mol. The predicted molar refractivity (Wildman–Crippen MR) is 62.0 cm³/mol. The molecule has 0 aromatic heterocycles. The van der Waals surface area contributed by atoms with E-state index in [9.17, 15) is 8.78 Å². The van der Waals surface area contributed by atoms with Crippen LogP contribution in [0.1, 0.15) is 43.6 Å². The Balaban J connectivity index is 2.31. The molecule has 2 rings (SSSR count). The smallest absolute Gasteiger partial charge is 0.423 e. The summed E-state index contributed by atoms with van der Waals surface area (Å²) in [5.41, 5.74) is -0.0336. The first-order valence-electron chi connectivity index (χ1n) is 5.94. The van der Waals surface area contributed by atoms with Gasteiger partial charge in [0.05, 0.1) is 5.46 Å². The van der Waals surface area contributed by atoms with Crippen molar-refractivity contribution in [3.05, 3.63) is 29.3 Å². The van der Waals surface area contributed by atoms with Crippen LogP contribution >= 0.6 is 0 Å². The van der Waals surface area contributed by atoms with Crippen LogP contribution in [0.2, 0.25) is 0 Å². The van der Waals surface area contributed by atoms with Gasteiger partial charge in [-0.15, -0.1) is 0 Å². The number of halogens is 2. The molecule has 2 N–H and O–H groups in total. The van der Waals surface area contributed by atoms with Crippen LogP contribution in [0.4, 0.5) is 8.78 Å². The molecule has 1 aliphatic rings. The van der Waals surface area contributed by atoms with Crippen molar-refractivity contribution in [1.82, 2.24) is 0 Å². The standard InChI is InChI=1S/C12H15BF2O2/c14-10-6-9(8-4-2-1-3-5-8)7-11(15)12(10)13(16)17/h6-8,16-17H,1-5H2. The van der Waals surface area contributed by atoms with E-state index in [1.807, 2.05) is 0 Å². The molecule has 1 aromatic carbocycles. The fourth-order valence-corrected chi connectivity index (χ4v) is 2.52. The number of rotatable bonds is 2. The lowest BCUT2D eigenvalue weighted by Gasteiger charge is -2.22. The van der Waals surface area contributed by atoms with Crippen LogP contribution in [0, 0.1) is 11.6 Å². The first kappa shape index (κ1) is 12.5. The van der Waals surface area contributed by atoms with Crippen molar-refractivity contribution < 1.29 is 18.8 Å². The van der Waals surface area contributed by atoms with Crippen LogP contribution in [-0.4, -0.2) is 17.2 Å². The maximum absolute atomic E-state index is 13.6. The van der Waals surface area contributed by atoms with Crippen LogP contribution in [-0.2, 0) is 0 Å². The van der Waals surface area contributed by atoms with Crippen LogP contribution in [0.5, 0.6) is 0 Å². The third-order valence-electron chi connectivity index (χ3n) is 3.44. The zero-order chi connectivity index (χ0) is 12.4. The minimum absolute atomic E-state index is 0.192. The lowest BCUT2D eigenvalue weighted by molar-refractivity contribution is 0.417. The van der Waals surface area contributed by atoms with Gasteiger partial charge in [-0.3, -0.25) is 0 Å². The van der Waals surface area contributed by atoms with Gasteiger partial charge in [-0.2, -0.15) is 0 Å². The summed E-state index contributed by atoms with van der Waals surface area (Å²) < 4.78 is 27.1. The van der Waals surface area contributed by atoms with Crippen molar-refractivity contribution >= 4 is 12.6 Å². The number of hydrogen-bond acceptors (Lipinski definition) is 2. The molecule has 1 fully saturated rings. The van der Waals surface area contributed by atoms with Crippen LogP contribution in [0.25, 0.3) is 0 Å². The van der Waals surface area contributed by atoms with Crippen molar-refractivity contribution in [2.24, 2.45) is 0 Å². The van der Waals surface area contributed by atoms with Gasteiger partial charge in [-0.05, 0) is 36.5 Å². The first-order chi connectivity index (χ1) is 8.09. The van der Waals surface area contributed by atoms with E-state index in [2.05, 4.69) is 0 Å². The maximum atomic E-state index is 13.6. The van der Waals surface area contributed by atoms with Crippen molar-refractivity contribution in [1.29, 1.82) is 0 Å². The second-order valence-corrected chi connectivity index (χ2v) is 4.61. The molecule has 1 saturated carbocycles. The van der Waals surface area contributed by atoms with Gasteiger partial charge in [0.2, 0.25) is 0 Å². The van der Waals surface area contributed by atoms with E-state index >= 15 is 0 Å². The van der Waals surface area contributed by atoms with E-state index in [1.54, 1.807) is 0 Å². The highest BCUT2D eigenvalue weighted by molar-refractivity contribution is 6.58. The highest BCUT2D eigenvalue weighted by atomic mass is 19.1. The summed E-state index contributed by atoms with van der Waals surface area (Å²) in [6.45, 7) is 0. The summed E-state index contributed by atoms with van der Waals surface area (Å²) in [6.07, 6.45) is 5.23. The quantitative estimate of drug-likeness (QED) is 0.772. The number of benzene rings is 1. The summed E-state index contributed by atoms with van der Waals surface area (Å²) >= 11 is 0. The van der Waals surface area contributed by atoms with Crippen LogP contribution in [0.15, 0.2) is 12.1 Å². The average Bonchev–Trinajstić information content (AvgIpc) is 2.28. The Labute approximate surface area is 99.4 Å². The highest BCUT2D eigenvalue weighted by Gasteiger charge is 2.25. The molecule has 0 atom stereocenters. The third kappa shape index (κ3) is 2.66. The molecule has 1 aliphatic carbocycles. The van der Waals surface area contributed by atoms with E-state index in [-0.39, 0.29) is 5.92 Å². The van der Waals surface area contributed by atoms with Crippen molar-refractivity contribution in [2.45, 2.75) is 38.0 Å². The molecule has 92 valence electrons. The Morgan fingerprint density at radius 1 is 1.00 bits per heavy atom. The van der Waals surface area contributed by atoms with Gasteiger partial charge in [-0.25, -0.2) is 8.78 Å². The molecule has 0 spiro atoms. The van der Waals surface area contributed by atoms with Crippen LogP contribution in [0.3, 0.4) is 0 Å². The van der Waals surface area contributed by atoms with Gasteiger partial charge in [0.25, 0.3) is 0 Å². The molecule has 0 aliphatic heterocycles. The minimum atomic E-state index is -2.10. The lowest BCUT2D eigenvalue weighted by Crippen LogP contribution is -2.36. The fraction of sp³-hybridized carbons (Fsp3) is 0.500. The summed E-state index contributed by atoms with van der Waals surface area (Å²) in [6, 6.07) is 2.46. The fourth-order valence-electron chi connectivity index (χ4n) is 2.52. The molecule has 5 heteroatoms. The first-order valence-corrected chi connectivity index (χ1v) is 5.94. The van der Waals surface area contributed by atoms with E-state index < -0.39 is 24.2 Å². The maximum Gasteiger partial charge on any atom is 0.494 e. The molecule has 0 saturated heterocycles. The van der Waals surface area contributed by atoms with Crippen molar-refractivity contribution in [2.75, 3.05) is 0 Å². The number of hydrogen-bond donors (Lipinski definition) is 2. The predicted octanol–water partition coefficient (Wildman–Crippen LogP) is 1.69. The molecule has 0 bridgehead atoms. The summed E-state index contributed by atoms with van der Waals surface area (Å²) in [5.74, 6) is -1.56. The second-order valence-electron chi connectivity index (χ2n) is 4.61. The topological polar surface area (TPSA) is 40.5 Å². The van der Waals surface area contributed by atoms with Gasteiger partial charge >= 0.3 is 7.12 Å². The lowest BCUT2D eigenvalue weighted by atomic mass is 9.77. The van der Waals surface area contributed by atoms with Gasteiger partial charge in [0.1, 0.15) is 11.6 Å². The molecule has 2 nitrogen and oxygen atoms in total. The third-order valence-corrected chi connectivity index (χ3v) is 3.44. The van der Waals surface area contributed by atoms with Gasteiger partial charge in [0.15, 0.2) is 0 Å². The van der Waals surface area contributed by atoms with E-state index in [0.29, 0.717) is 5.56 Å². The molecule has 0 amide bonds. The SMILES string of the molecule is OB(O)c1c(F)cc(C2CCCCC2)cc1F. The molecule has 0 radical (unpaired) electrons. The Morgan fingerprint density at radius 3 is 2.00 bits per heavy atom. The summed E-state index contributed by atoms with van der Waals surface area (Å²) in [7, 11) is -2.10.